The quantitative estimate of drug-likeness (QED) is 0.572. The van der Waals surface area contributed by atoms with E-state index in [0.717, 1.165) is 49.4 Å². The highest BCUT2D eigenvalue weighted by Gasteiger charge is 2.59. The summed E-state index contributed by atoms with van der Waals surface area (Å²) in [5.74, 6) is 3.62. The summed E-state index contributed by atoms with van der Waals surface area (Å²) in [5, 5.41) is 21.7. The van der Waals surface area contributed by atoms with Crippen LogP contribution in [0.3, 0.4) is 0 Å². The lowest BCUT2D eigenvalue weighted by atomic mass is 9.50. The third kappa shape index (κ3) is 3.62. The highest BCUT2D eigenvalue weighted by Crippen LogP contribution is 2.65. The van der Waals surface area contributed by atoms with Crippen molar-refractivity contribution in [2.45, 2.75) is 111 Å². The standard InChI is InChI=1S/C26H44O2/c1-24(2,3)14-15-26(5,28)23-11-10-22-21-8-6-17-16-18(27)7-9-19(17)20(21)12-13-25(22,23)4/h6,18-23,27-28H,7-16H2,1-5H3/t18-,19-,20?,21?,22?,23-,25-,26?/m0/s1. The van der Waals surface area contributed by atoms with Gasteiger partial charge in [-0.15, -0.1) is 0 Å². The molecule has 3 fully saturated rings. The zero-order valence-electron chi connectivity index (χ0n) is 19.0. The van der Waals surface area contributed by atoms with Crippen molar-refractivity contribution in [1.29, 1.82) is 0 Å². The summed E-state index contributed by atoms with van der Waals surface area (Å²) in [6.45, 7) is 11.5. The Hall–Kier alpha value is -0.340. The Bertz CT molecular complexity index is 612. The van der Waals surface area contributed by atoms with E-state index in [1.807, 2.05) is 0 Å². The van der Waals surface area contributed by atoms with Crippen LogP contribution in [0.15, 0.2) is 11.6 Å². The molecule has 2 nitrogen and oxygen atoms in total. The second-order valence-electron chi connectivity index (χ2n) is 12.6. The third-order valence-corrected chi connectivity index (χ3v) is 9.55. The van der Waals surface area contributed by atoms with E-state index in [4.69, 9.17) is 0 Å². The summed E-state index contributed by atoms with van der Waals surface area (Å²) < 4.78 is 0. The first-order valence-electron chi connectivity index (χ1n) is 12.1. The van der Waals surface area contributed by atoms with Gasteiger partial charge in [-0.25, -0.2) is 0 Å². The van der Waals surface area contributed by atoms with Crippen molar-refractivity contribution in [3.05, 3.63) is 11.6 Å². The van der Waals surface area contributed by atoms with Gasteiger partial charge in [0.2, 0.25) is 0 Å². The van der Waals surface area contributed by atoms with E-state index in [0.29, 0.717) is 11.3 Å². The minimum Gasteiger partial charge on any atom is -0.393 e. The molecular weight excluding hydrogens is 344 g/mol. The first-order chi connectivity index (χ1) is 13.0. The van der Waals surface area contributed by atoms with Gasteiger partial charge in [-0.1, -0.05) is 39.3 Å². The highest BCUT2D eigenvalue weighted by atomic mass is 16.3. The summed E-state index contributed by atoms with van der Waals surface area (Å²) in [6.07, 6.45) is 14.0. The molecular formula is C26H44O2. The van der Waals surface area contributed by atoms with Gasteiger partial charge >= 0.3 is 0 Å². The normalized spacial score (nSPS) is 45.5. The number of hydrogen-bond acceptors (Lipinski definition) is 2. The molecule has 4 aliphatic rings. The van der Waals surface area contributed by atoms with Gasteiger partial charge in [0.1, 0.15) is 0 Å². The van der Waals surface area contributed by atoms with E-state index in [9.17, 15) is 10.2 Å². The van der Waals surface area contributed by atoms with Crippen molar-refractivity contribution < 1.29 is 10.2 Å². The molecule has 0 spiro atoms. The van der Waals surface area contributed by atoms with E-state index in [-0.39, 0.29) is 11.5 Å². The molecule has 28 heavy (non-hydrogen) atoms. The maximum atomic E-state index is 11.6. The molecule has 4 unspecified atom stereocenters. The number of aliphatic hydroxyl groups is 2. The van der Waals surface area contributed by atoms with E-state index in [2.05, 4.69) is 40.7 Å². The Morgan fingerprint density at radius 3 is 2.46 bits per heavy atom. The van der Waals surface area contributed by atoms with Gasteiger partial charge < -0.3 is 10.2 Å². The number of hydrogen-bond donors (Lipinski definition) is 2. The first-order valence-corrected chi connectivity index (χ1v) is 12.1. The molecule has 160 valence electrons. The van der Waals surface area contributed by atoms with Crippen molar-refractivity contribution in [3.63, 3.8) is 0 Å². The fraction of sp³-hybridized carbons (Fsp3) is 0.923. The Morgan fingerprint density at radius 2 is 1.75 bits per heavy atom. The van der Waals surface area contributed by atoms with Crippen LogP contribution in [0, 0.1) is 40.4 Å². The predicted octanol–water partition coefficient (Wildman–Crippen LogP) is 6.11. The summed E-state index contributed by atoms with van der Waals surface area (Å²) in [7, 11) is 0. The maximum Gasteiger partial charge on any atom is 0.0653 e. The van der Waals surface area contributed by atoms with Crippen LogP contribution in [-0.2, 0) is 0 Å². The molecule has 3 saturated carbocycles. The molecule has 4 rings (SSSR count). The van der Waals surface area contributed by atoms with Crippen molar-refractivity contribution in [1.82, 2.24) is 0 Å². The lowest BCUT2D eigenvalue weighted by molar-refractivity contribution is -0.0982. The zero-order chi connectivity index (χ0) is 20.3. The van der Waals surface area contributed by atoms with Crippen molar-refractivity contribution in [2.24, 2.45) is 40.4 Å². The number of fused-ring (bicyclic) bond motifs is 5. The van der Waals surface area contributed by atoms with Crippen LogP contribution in [0.5, 0.6) is 0 Å². The van der Waals surface area contributed by atoms with Gasteiger partial charge in [0.25, 0.3) is 0 Å². The van der Waals surface area contributed by atoms with Crippen LogP contribution < -0.4 is 0 Å². The van der Waals surface area contributed by atoms with Gasteiger partial charge in [0, 0.05) is 0 Å². The van der Waals surface area contributed by atoms with Gasteiger partial charge in [0.15, 0.2) is 0 Å². The molecule has 2 heteroatoms. The predicted molar refractivity (Wildman–Crippen MR) is 116 cm³/mol. The average Bonchev–Trinajstić information content (AvgIpc) is 2.97. The molecule has 4 aliphatic carbocycles. The van der Waals surface area contributed by atoms with Gasteiger partial charge in [-0.3, -0.25) is 0 Å². The van der Waals surface area contributed by atoms with Crippen molar-refractivity contribution in [2.75, 3.05) is 0 Å². The topological polar surface area (TPSA) is 40.5 Å². The van der Waals surface area contributed by atoms with Crippen LogP contribution in [0.1, 0.15) is 98.8 Å². The van der Waals surface area contributed by atoms with Crippen molar-refractivity contribution >= 4 is 0 Å². The van der Waals surface area contributed by atoms with Gasteiger partial charge in [-0.2, -0.15) is 0 Å². The molecule has 2 N–H and O–H groups in total. The SMILES string of the molecule is CC(C)(C)CCC(C)(O)[C@H]1CCC2C3CC=C4C[C@@H](O)CC[C@@H]4C3CC[C@@]21C. The van der Waals surface area contributed by atoms with E-state index in [1.165, 1.54) is 38.5 Å². The second kappa shape index (κ2) is 7.12. The van der Waals surface area contributed by atoms with Gasteiger partial charge in [-0.05, 0) is 112 Å². The third-order valence-electron chi connectivity index (χ3n) is 9.55. The van der Waals surface area contributed by atoms with Gasteiger partial charge in [0.05, 0.1) is 11.7 Å². The molecule has 0 bridgehead atoms. The fourth-order valence-corrected chi connectivity index (χ4v) is 8.07. The second-order valence-corrected chi connectivity index (χ2v) is 12.6. The Labute approximate surface area is 173 Å². The average molecular weight is 389 g/mol. The number of rotatable bonds is 3. The molecule has 0 aromatic carbocycles. The molecule has 0 radical (unpaired) electrons. The van der Waals surface area contributed by atoms with Crippen molar-refractivity contribution in [3.8, 4) is 0 Å². The first kappa shape index (κ1) is 20.9. The minimum atomic E-state index is -0.534. The molecule has 0 heterocycles. The Morgan fingerprint density at radius 1 is 1.00 bits per heavy atom. The molecule has 0 aliphatic heterocycles. The van der Waals surface area contributed by atoms with Crippen LogP contribution >= 0.6 is 0 Å². The molecule has 0 aromatic rings. The van der Waals surface area contributed by atoms with Crippen LogP contribution in [0.25, 0.3) is 0 Å². The lowest BCUT2D eigenvalue weighted by Gasteiger charge is -2.55. The lowest BCUT2D eigenvalue weighted by Crippen LogP contribution is -2.50. The molecule has 0 aromatic heterocycles. The molecule has 8 atom stereocenters. The molecule has 0 amide bonds. The van der Waals surface area contributed by atoms with Crippen LogP contribution in [0.2, 0.25) is 0 Å². The van der Waals surface area contributed by atoms with Crippen LogP contribution in [0.4, 0.5) is 0 Å². The number of aliphatic hydroxyl groups excluding tert-OH is 1. The zero-order valence-corrected chi connectivity index (χ0v) is 19.0. The fourth-order valence-electron chi connectivity index (χ4n) is 8.07. The molecule has 0 saturated heterocycles. The summed E-state index contributed by atoms with van der Waals surface area (Å²) in [5.41, 5.74) is 1.64. The van der Waals surface area contributed by atoms with Crippen LogP contribution in [-0.4, -0.2) is 21.9 Å². The maximum absolute atomic E-state index is 11.6. The number of allylic oxidation sites excluding steroid dienone is 1. The summed E-state index contributed by atoms with van der Waals surface area (Å²) >= 11 is 0. The van der Waals surface area contributed by atoms with E-state index in [1.54, 1.807) is 5.57 Å². The highest BCUT2D eigenvalue weighted by molar-refractivity contribution is 5.20. The van der Waals surface area contributed by atoms with E-state index < -0.39 is 5.60 Å². The Balaban J connectivity index is 1.52. The minimum absolute atomic E-state index is 0.0957. The van der Waals surface area contributed by atoms with E-state index >= 15 is 0 Å². The Kier molecular flexibility index (Phi) is 5.32. The monoisotopic (exact) mass is 388 g/mol. The summed E-state index contributed by atoms with van der Waals surface area (Å²) in [4.78, 5) is 0. The largest absolute Gasteiger partial charge is 0.393 e. The smallest absolute Gasteiger partial charge is 0.0653 e. The summed E-state index contributed by atoms with van der Waals surface area (Å²) in [6, 6.07) is 0.